The lowest BCUT2D eigenvalue weighted by atomic mass is 10.2. The maximum Gasteiger partial charge on any atom is 0.361 e. The number of esters is 1. The van der Waals surface area contributed by atoms with E-state index in [1.54, 1.807) is 0 Å². The highest BCUT2D eigenvalue weighted by atomic mass is 35.5. The predicted octanol–water partition coefficient (Wildman–Crippen LogP) is 0.608. The highest BCUT2D eigenvalue weighted by Gasteiger charge is 2.22. The Morgan fingerprint density at radius 1 is 1.32 bits per heavy atom. The molecule has 104 valence electrons. The molecule has 0 aliphatic carbocycles. The molecule has 1 aromatic rings. The summed E-state index contributed by atoms with van der Waals surface area (Å²) >= 11 is 5.89. The number of piperazine rings is 1. The fourth-order valence-corrected chi connectivity index (χ4v) is 2.45. The molecule has 0 radical (unpaired) electrons. The molecule has 0 aromatic heterocycles. The predicted molar refractivity (Wildman–Crippen MR) is 75.9 cm³/mol. The van der Waals surface area contributed by atoms with Gasteiger partial charge in [0.05, 0.1) is 32.8 Å². The van der Waals surface area contributed by atoms with Crippen molar-refractivity contribution in [2.24, 2.45) is 0 Å². The van der Waals surface area contributed by atoms with Crippen LogP contribution in [0.4, 0.5) is 5.69 Å². The average Bonchev–Trinajstić information content (AvgIpc) is 2.41. The number of nitrogens with zero attached hydrogens (tertiary/aromatic N) is 1. The summed E-state index contributed by atoms with van der Waals surface area (Å²) in [6.07, 6.45) is 0. The van der Waals surface area contributed by atoms with Crippen molar-refractivity contribution in [2.45, 2.75) is 6.92 Å². The van der Waals surface area contributed by atoms with Crippen molar-refractivity contribution >= 4 is 23.3 Å². The molecule has 2 rings (SSSR count). The SMILES string of the molecule is CCOC(=O)C[NH+]1CCN(c2ccc(Cl)cc2)CC1. The Bertz CT molecular complexity index is 414. The van der Waals surface area contributed by atoms with Gasteiger partial charge in [0.2, 0.25) is 0 Å². The largest absolute Gasteiger partial charge is 0.462 e. The lowest BCUT2D eigenvalue weighted by Crippen LogP contribution is -3.15. The minimum absolute atomic E-state index is 0.0996. The fourth-order valence-electron chi connectivity index (χ4n) is 2.33. The van der Waals surface area contributed by atoms with Gasteiger partial charge >= 0.3 is 5.97 Å². The van der Waals surface area contributed by atoms with Crippen LogP contribution < -0.4 is 9.80 Å². The normalized spacial score (nSPS) is 16.4. The zero-order valence-corrected chi connectivity index (χ0v) is 11.9. The molecule has 1 saturated heterocycles. The molecule has 0 atom stereocenters. The van der Waals surface area contributed by atoms with Crippen molar-refractivity contribution in [3.8, 4) is 0 Å². The molecular weight excluding hydrogens is 264 g/mol. The van der Waals surface area contributed by atoms with E-state index >= 15 is 0 Å². The van der Waals surface area contributed by atoms with Crippen molar-refractivity contribution < 1.29 is 14.4 Å². The van der Waals surface area contributed by atoms with Crippen LogP contribution in [0.1, 0.15) is 6.92 Å². The van der Waals surface area contributed by atoms with Crippen LogP contribution >= 0.6 is 11.6 Å². The molecule has 0 bridgehead atoms. The van der Waals surface area contributed by atoms with Crippen LogP contribution in [-0.2, 0) is 9.53 Å². The Hall–Kier alpha value is -1.26. The molecule has 1 fully saturated rings. The molecule has 1 aromatic carbocycles. The summed E-state index contributed by atoms with van der Waals surface area (Å²) in [5, 5.41) is 0.760. The number of anilines is 1. The van der Waals surface area contributed by atoms with Crippen LogP contribution in [0.5, 0.6) is 0 Å². The lowest BCUT2D eigenvalue weighted by molar-refractivity contribution is -0.893. The molecule has 0 saturated carbocycles. The van der Waals surface area contributed by atoms with E-state index in [9.17, 15) is 4.79 Å². The first-order valence-electron chi connectivity index (χ1n) is 6.68. The smallest absolute Gasteiger partial charge is 0.361 e. The number of carbonyl (C=O) groups is 1. The van der Waals surface area contributed by atoms with E-state index in [-0.39, 0.29) is 5.97 Å². The number of halogens is 1. The van der Waals surface area contributed by atoms with Crippen LogP contribution in [0.3, 0.4) is 0 Å². The average molecular weight is 284 g/mol. The van der Waals surface area contributed by atoms with Gasteiger partial charge in [0.1, 0.15) is 0 Å². The van der Waals surface area contributed by atoms with Gasteiger partial charge in [-0.3, -0.25) is 0 Å². The van der Waals surface area contributed by atoms with E-state index in [2.05, 4.69) is 4.90 Å². The molecule has 1 aliphatic heterocycles. The molecule has 0 amide bonds. The number of rotatable bonds is 4. The second-order valence-corrected chi connectivity index (χ2v) is 5.13. The molecule has 19 heavy (non-hydrogen) atoms. The molecule has 5 heteroatoms. The number of carbonyl (C=O) groups excluding carboxylic acids is 1. The Morgan fingerprint density at radius 3 is 2.53 bits per heavy atom. The first-order valence-corrected chi connectivity index (χ1v) is 7.06. The fraction of sp³-hybridized carbons (Fsp3) is 0.500. The van der Waals surface area contributed by atoms with E-state index in [0.29, 0.717) is 13.2 Å². The van der Waals surface area contributed by atoms with E-state index in [1.807, 2.05) is 31.2 Å². The zero-order chi connectivity index (χ0) is 13.7. The summed E-state index contributed by atoms with van der Waals surface area (Å²) in [6, 6.07) is 7.90. The van der Waals surface area contributed by atoms with Gasteiger partial charge in [-0.25, -0.2) is 4.79 Å². The first kappa shape index (κ1) is 14.2. The van der Waals surface area contributed by atoms with Gasteiger partial charge in [-0.2, -0.15) is 0 Å². The van der Waals surface area contributed by atoms with Crippen molar-refractivity contribution in [3.05, 3.63) is 29.3 Å². The van der Waals surface area contributed by atoms with E-state index in [4.69, 9.17) is 16.3 Å². The standard InChI is InChI=1S/C14H19ClN2O2/c1-2-19-14(18)11-16-7-9-17(10-8-16)13-5-3-12(15)4-6-13/h3-6H,2,7-11H2,1H3/p+1. The minimum Gasteiger partial charge on any atom is -0.462 e. The van der Waals surface area contributed by atoms with Crippen molar-refractivity contribution in [1.82, 2.24) is 0 Å². The Kier molecular flexibility index (Phi) is 5.05. The molecule has 1 heterocycles. The first-order chi connectivity index (χ1) is 9.19. The van der Waals surface area contributed by atoms with Gasteiger partial charge < -0.3 is 14.5 Å². The number of ether oxygens (including phenoxy) is 1. The topological polar surface area (TPSA) is 34.0 Å². The van der Waals surface area contributed by atoms with Gasteiger partial charge in [0, 0.05) is 10.7 Å². The van der Waals surface area contributed by atoms with Gasteiger partial charge in [-0.1, -0.05) is 11.6 Å². The highest BCUT2D eigenvalue weighted by molar-refractivity contribution is 6.30. The minimum atomic E-state index is -0.0996. The maximum atomic E-state index is 11.4. The number of nitrogens with one attached hydrogen (secondary N) is 1. The number of benzene rings is 1. The molecule has 1 aliphatic rings. The van der Waals surface area contributed by atoms with Crippen LogP contribution in [0.25, 0.3) is 0 Å². The summed E-state index contributed by atoms with van der Waals surface area (Å²) in [5.41, 5.74) is 1.19. The van der Waals surface area contributed by atoms with Crippen LogP contribution in [-0.4, -0.2) is 45.3 Å². The molecule has 4 nitrogen and oxygen atoms in total. The van der Waals surface area contributed by atoms with Crippen molar-refractivity contribution in [3.63, 3.8) is 0 Å². The molecular formula is C14H20ClN2O2+. The molecule has 1 N–H and O–H groups in total. The third kappa shape index (κ3) is 4.11. The number of quaternary nitrogens is 1. The monoisotopic (exact) mass is 283 g/mol. The maximum absolute atomic E-state index is 11.4. The summed E-state index contributed by atoms with van der Waals surface area (Å²) in [4.78, 5) is 15.0. The Labute approximate surface area is 118 Å². The van der Waals surface area contributed by atoms with Crippen LogP contribution in [0.15, 0.2) is 24.3 Å². The van der Waals surface area contributed by atoms with Gasteiger partial charge in [-0.05, 0) is 31.2 Å². The summed E-state index contributed by atoms with van der Waals surface area (Å²) in [6.45, 7) is 6.60. The number of hydrogen-bond donors (Lipinski definition) is 1. The van der Waals surface area contributed by atoms with E-state index in [1.165, 1.54) is 10.6 Å². The lowest BCUT2D eigenvalue weighted by Gasteiger charge is -2.33. The quantitative estimate of drug-likeness (QED) is 0.822. The molecule has 0 spiro atoms. The summed E-state index contributed by atoms with van der Waals surface area (Å²) in [5.74, 6) is -0.0996. The van der Waals surface area contributed by atoms with E-state index < -0.39 is 0 Å². The van der Waals surface area contributed by atoms with E-state index in [0.717, 1.165) is 31.2 Å². The van der Waals surface area contributed by atoms with Gasteiger partial charge in [0.15, 0.2) is 6.54 Å². The Balaban J connectivity index is 1.82. The third-order valence-corrected chi connectivity index (χ3v) is 3.61. The van der Waals surface area contributed by atoms with Crippen LogP contribution in [0, 0.1) is 0 Å². The second kappa shape index (κ2) is 6.78. The van der Waals surface area contributed by atoms with Gasteiger partial charge in [-0.15, -0.1) is 0 Å². The second-order valence-electron chi connectivity index (χ2n) is 4.70. The van der Waals surface area contributed by atoms with Crippen molar-refractivity contribution in [2.75, 3.05) is 44.2 Å². The number of hydrogen-bond acceptors (Lipinski definition) is 3. The summed E-state index contributed by atoms with van der Waals surface area (Å²) < 4.78 is 4.98. The summed E-state index contributed by atoms with van der Waals surface area (Å²) in [7, 11) is 0. The highest BCUT2D eigenvalue weighted by Crippen LogP contribution is 2.17. The zero-order valence-electron chi connectivity index (χ0n) is 11.2. The van der Waals surface area contributed by atoms with Gasteiger partial charge in [0.25, 0.3) is 0 Å². The molecule has 0 unspecified atom stereocenters. The Morgan fingerprint density at radius 2 is 1.95 bits per heavy atom. The van der Waals surface area contributed by atoms with Crippen molar-refractivity contribution in [1.29, 1.82) is 0 Å². The third-order valence-electron chi connectivity index (χ3n) is 3.36. The van der Waals surface area contributed by atoms with Crippen LogP contribution in [0.2, 0.25) is 5.02 Å².